The predicted octanol–water partition coefficient (Wildman–Crippen LogP) is 5.55. The highest BCUT2D eigenvalue weighted by molar-refractivity contribution is 7.99. The average molecular weight is 538 g/mol. The van der Waals surface area contributed by atoms with E-state index in [-0.39, 0.29) is 27.1 Å². The maximum atomic E-state index is 12.7. The quantitative estimate of drug-likeness (QED) is 0.256. The molecular formula is C20H17F6N5O2S2. The number of rotatable bonds is 8. The van der Waals surface area contributed by atoms with Crippen LogP contribution in [0.4, 0.5) is 49.4 Å². The number of nitrogens with zero attached hydrogens (tertiary/aromatic N) is 2. The Morgan fingerprint density at radius 2 is 1.51 bits per heavy atom. The number of nitrogens with one attached hydrogen (secondary N) is 3. The summed E-state index contributed by atoms with van der Waals surface area (Å²) in [6.45, 7) is 0. The van der Waals surface area contributed by atoms with Gasteiger partial charge in [-0.25, -0.2) is 23.1 Å². The first-order valence-electron chi connectivity index (χ1n) is 9.57. The van der Waals surface area contributed by atoms with E-state index in [1.807, 2.05) is 0 Å². The third-order valence-corrected chi connectivity index (χ3v) is 6.89. The number of alkyl halides is 6. The van der Waals surface area contributed by atoms with Crippen LogP contribution in [0.5, 0.6) is 0 Å². The minimum absolute atomic E-state index is 0.0507. The van der Waals surface area contributed by atoms with Crippen LogP contribution in [-0.2, 0) is 16.2 Å². The zero-order chi connectivity index (χ0) is 25.9. The summed E-state index contributed by atoms with van der Waals surface area (Å²) in [5, 5.41) is 5.58. The maximum absolute atomic E-state index is 12.7. The van der Waals surface area contributed by atoms with E-state index in [0.29, 0.717) is 17.4 Å². The topological polar surface area (TPSA) is 96.0 Å². The van der Waals surface area contributed by atoms with Crippen molar-refractivity contribution in [1.82, 2.24) is 14.7 Å². The molecule has 0 aliphatic heterocycles. The number of sulfonamides is 1. The van der Waals surface area contributed by atoms with Gasteiger partial charge in [0.05, 0.1) is 21.9 Å². The van der Waals surface area contributed by atoms with Crippen LogP contribution >= 0.6 is 11.8 Å². The third-order valence-electron chi connectivity index (χ3n) is 4.34. The fourth-order valence-electron chi connectivity index (χ4n) is 2.70. The predicted molar refractivity (Wildman–Crippen MR) is 120 cm³/mol. The Morgan fingerprint density at radius 1 is 0.886 bits per heavy atom. The van der Waals surface area contributed by atoms with Crippen molar-refractivity contribution in [1.29, 1.82) is 0 Å². The Morgan fingerprint density at radius 3 is 2.09 bits per heavy atom. The van der Waals surface area contributed by atoms with Gasteiger partial charge in [-0.1, -0.05) is 0 Å². The van der Waals surface area contributed by atoms with Crippen LogP contribution in [-0.4, -0.2) is 37.4 Å². The Bertz CT molecular complexity index is 1280. The molecule has 3 aromatic rings. The van der Waals surface area contributed by atoms with Gasteiger partial charge in [-0.05, 0) is 49.5 Å². The lowest BCUT2D eigenvalue weighted by Gasteiger charge is -2.15. The minimum Gasteiger partial charge on any atom is -0.340 e. The van der Waals surface area contributed by atoms with Crippen molar-refractivity contribution in [2.75, 3.05) is 23.4 Å². The van der Waals surface area contributed by atoms with Crippen molar-refractivity contribution in [3.05, 3.63) is 60.4 Å². The molecule has 188 valence electrons. The van der Waals surface area contributed by atoms with Crippen LogP contribution in [0.1, 0.15) is 5.56 Å². The second-order valence-corrected chi connectivity index (χ2v) is 9.79. The van der Waals surface area contributed by atoms with Crippen molar-refractivity contribution in [2.24, 2.45) is 0 Å². The molecule has 2 aromatic carbocycles. The Balaban J connectivity index is 1.87. The minimum atomic E-state index is -4.48. The van der Waals surface area contributed by atoms with E-state index < -0.39 is 33.7 Å². The molecule has 0 atom stereocenters. The zero-order valence-corrected chi connectivity index (χ0v) is 19.3. The molecule has 0 bridgehead atoms. The molecule has 3 rings (SSSR count). The Labute approximate surface area is 200 Å². The molecule has 15 heteroatoms. The largest absolute Gasteiger partial charge is 0.416 e. The summed E-state index contributed by atoms with van der Waals surface area (Å²) in [6.07, 6.45) is -7.82. The first-order chi connectivity index (χ1) is 16.3. The molecule has 3 N–H and O–H groups in total. The van der Waals surface area contributed by atoms with Gasteiger partial charge in [0.2, 0.25) is 10.0 Å². The second kappa shape index (κ2) is 10.3. The number of anilines is 4. The van der Waals surface area contributed by atoms with Gasteiger partial charge in [0, 0.05) is 16.6 Å². The molecule has 0 amide bonds. The van der Waals surface area contributed by atoms with E-state index in [1.165, 1.54) is 37.4 Å². The number of thioether (sulfide) groups is 1. The lowest BCUT2D eigenvalue weighted by molar-refractivity contribution is -0.137. The first-order valence-corrected chi connectivity index (χ1v) is 12.0. The summed E-state index contributed by atoms with van der Waals surface area (Å²) in [6, 6.07) is 9.12. The van der Waals surface area contributed by atoms with Gasteiger partial charge >= 0.3 is 12.4 Å². The van der Waals surface area contributed by atoms with Crippen LogP contribution in [0.2, 0.25) is 0 Å². The molecule has 1 aromatic heterocycles. The van der Waals surface area contributed by atoms with Gasteiger partial charge < -0.3 is 10.6 Å². The van der Waals surface area contributed by atoms with E-state index in [2.05, 4.69) is 25.3 Å². The van der Waals surface area contributed by atoms with Crippen LogP contribution < -0.4 is 15.4 Å². The molecular weight excluding hydrogens is 520 g/mol. The summed E-state index contributed by atoms with van der Waals surface area (Å²) in [4.78, 5) is 7.88. The molecule has 0 aliphatic carbocycles. The van der Waals surface area contributed by atoms with Crippen molar-refractivity contribution >= 4 is 44.8 Å². The Hall–Kier alpha value is -3.04. The summed E-state index contributed by atoms with van der Waals surface area (Å²) in [5.74, 6) is -0.933. The van der Waals surface area contributed by atoms with E-state index in [0.717, 1.165) is 24.5 Å². The normalized spacial score (nSPS) is 12.4. The highest BCUT2D eigenvalue weighted by Gasteiger charge is 2.30. The highest BCUT2D eigenvalue weighted by Crippen LogP contribution is 2.35. The third kappa shape index (κ3) is 7.47. The van der Waals surface area contributed by atoms with E-state index in [4.69, 9.17) is 0 Å². The second-order valence-electron chi connectivity index (χ2n) is 6.88. The summed E-state index contributed by atoms with van der Waals surface area (Å²) >= 11 is 0.457. The van der Waals surface area contributed by atoms with Gasteiger partial charge in [0.25, 0.3) is 0 Å². The summed E-state index contributed by atoms with van der Waals surface area (Å²) < 4.78 is 103. The fourth-order valence-corrected chi connectivity index (χ4v) is 4.20. The maximum Gasteiger partial charge on any atom is 0.416 e. The SMILES string of the molecule is CNS(=O)(=O)c1ccc(SCC(F)(F)F)c(Nc2cc(Nc3ccc(C(F)(F)F)cc3)ncn2)c1. The summed E-state index contributed by atoms with van der Waals surface area (Å²) in [7, 11) is -2.69. The van der Waals surface area contributed by atoms with Crippen LogP contribution in [0.15, 0.2) is 64.6 Å². The van der Waals surface area contributed by atoms with Crippen LogP contribution in [0, 0.1) is 0 Å². The Kier molecular flexibility index (Phi) is 7.81. The van der Waals surface area contributed by atoms with Crippen molar-refractivity contribution in [3.63, 3.8) is 0 Å². The number of benzene rings is 2. The van der Waals surface area contributed by atoms with Gasteiger partial charge in [-0.15, -0.1) is 11.8 Å². The lowest BCUT2D eigenvalue weighted by atomic mass is 10.2. The molecule has 0 saturated heterocycles. The van der Waals surface area contributed by atoms with Crippen molar-refractivity contribution < 1.29 is 34.8 Å². The number of hydrogen-bond acceptors (Lipinski definition) is 7. The average Bonchev–Trinajstić information content (AvgIpc) is 2.77. The smallest absolute Gasteiger partial charge is 0.340 e. The standard InChI is InChI=1S/C20H17F6N5O2S2/c1-27-35(32,33)14-6-7-16(34-10-19(21,22)23)15(8-14)31-18-9-17(28-11-29-18)30-13-4-2-12(3-5-13)20(24,25)26/h2-9,11,27H,10H2,1H3,(H2,28,29,30,31). The number of hydrogen-bond donors (Lipinski definition) is 3. The molecule has 0 spiro atoms. The fraction of sp³-hybridized carbons (Fsp3) is 0.200. The molecule has 1 heterocycles. The van der Waals surface area contributed by atoms with E-state index in [9.17, 15) is 34.8 Å². The zero-order valence-electron chi connectivity index (χ0n) is 17.7. The van der Waals surface area contributed by atoms with Crippen molar-refractivity contribution in [3.8, 4) is 0 Å². The lowest BCUT2D eigenvalue weighted by Crippen LogP contribution is -2.18. The highest BCUT2D eigenvalue weighted by atomic mass is 32.2. The summed E-state index contributed by atoms with van der Waals surface area (Å²) in [5.41, 5.74) is -0.477. The molecule has 0 unspecified atom stereocenters. The number of halogens is 6. The molecule has 0 radical (unpaired) electrons. The van der Waals surface area contributed by atoms with Crippen LogP contribution in [0.25, 0.3) is 0 Å². The van der Waals surface area contributed by atoms with Gasteiger partial charge in [0.1, 0.15) is 18.0 Å². The molecule has 0 aliphatic rings. The van der Waals surface area contributed by atoms with Gasteiger partial charge in [-0.2, -0.15) is 26.3 Å². The van der Waals surface area contributed by atoms with Crippen molar-refractivity contribution in [2.45, 2.75) is 22.1 Å². The van der Waals surface area contributed by atoms with Crippen LogP contribution in [0.3, 0.4) is 0 Å². The first kappa shape index (κ1) is 26.6. The van der Waals surface area contributed by atoms with Gasteiger partial charge in [0.15, 0.2) is 0 Å². The molecule has 35 heavy (non-hydrogen) atoms. The van der Waals surface area contributed by atoms with E-state index >= 15 is 0 Å². The monoisotopic (exact) mass is 537 g/mol. The number of aromatic nitrogens is 2. The molecule has 0 saturated carbocycles. The van der Waals surface area contributed by atoms with Gasteiger partial charge in [-0.3, -0.25) is 0 Å². The molecule has 0 fully saturated rings. The van der Waals surface area contributed by atoms with E-state index in [1.54, 1.807) is 0 Å². The molecule has 7 nitrogen and oxygen atoms in total.